The lowest BCUT2D eigenvalue weighted by molar-refractivity contribution is -0.140. The van der Waals surface area contributed by atoms with Gasteiger partial charge in [0.25, 0.3) is 0 Å². The number of esters is 1. The second kappa shape index (κ2) is 7.16. The van der Waals surface area contributed by atoms with Gasteiger partial charge in [0.05, 0.1) is 28.8 Å². The molecule has 0 N–H and O–H groups in total. The molecule has 2 rings (SSSR count). The largest absolute Gasteiger partial charge is 0.469 e. The molecule has 22 heavy (non-hydrogen) atoms. The second-order valence-corrected chi connectivity index (χ2v) is 9.71. The topological polar surface area (TPSA) is 68.6 Å². The van der Waals surface area contributed by atoms with Gasteiger partial charge in [0.15, 0.2) is 0 Å². The Morgan fingerprint density at radius 3 is 2.86 bits per heavy atom. The smallest absolute Gasteiger partial charge is 0.306 e. The fraction of sp³-hybridized carbons (Fsp3) is 0.385. The van der Waals surface area contributed by atoms with Gasteiger partial charge in [-0.25, -0.2) is 9.19 Å². The first-order valence-electron chi connectivity index (χ1n) is 6.26. The Morgan fingerprint density at radius 2 is 2.23 bits per heavy atom. The number of aromatic nitrogens is 1. The van der Waals surface area contributed by atoms with E-state index in [1.165, 1.54) is 30.2 Å². The van der Waals surface area contributed by atoms with Gasteiger partial charge < -0.3 is 4.74 Å². The average Bonchev–Trinajstić information content (AvgIpc) is 2.82. The maximum atomic E-state index is 11.7. The standard InChI is InChI=1S/C13H15ClN2O3S3/c1-19-10(17)6-7-20-9-5-4-8-12(11(9)14)21-13(15-8)16-22(2,3)18/h4-5H,6-7H2,1-3H3. The summed E-state index contributed by atoms with van der Waals surface area (Å²) < 4.78 is 21.3. The summed E-state index contributed by atoms with van der Waals surface area (Å²) in [6, 6.07) is 3.72. The van der Waals surface area contributed by atoms with Gasteiger partial charge in [-0.2, -0.15) is 4.36 Å². The van der Waals surface area contributed by atoms with E-state index in [-0.39, 0.29) is 5.97 Å². The Bertz CT molecular complexity index is 817. The molecule has 0 spiro atoms. The van der Waals surface area contributed by atoms with Crippen molar-refractivity contribution in [2.75, 3.05) is 25.4 Å². The predicted octanol–water partition coefficient (Wildman–Crippen LogP) is 3.96. The SMILES string of the molecule is COC(=O)CCSc1ccc2nc(N=S(C)(C)=O)sc2c1Cl. The Hall–Kier alpha value is -0.830. The van der Waals surface area contributed by atoms with Crippen LogP contribution in [0.25, 0.3) is 10.2 Å². The van der Waals surface area contributed by atoms with Gasteiger partial charge in [-0.05, 0) is 12.1 Å². The van der Waals surface area contributed by atoms with Crippen molar-refractivity contribution in [1.29, 1.82) is 0 Å². The number of methoxy groups -OCH3 is 1. The van der Waals surface area contributed by atoms with E-state index < -0.39 is 9.73 Å². The van der Waals surface area contributed by atoms with E-state index in [9.17, 15) is 9.00 Å². The minimum absolute atomic E-state index is 0.246. The highest BCUT2D eigenvalue weighted by atomic mass is 35.5. The van der Waals surface area contributed by atoms with Crippen molar-refractivity contribution in [3.63, 3.8) is 0 Å². The first-order chi connectivity index (χ1) is 10.3. The predicted molar refractivity (Wildman–Crippen MR) is 94.1 cm³/mol. The van der Waals surface area contributed by atoms with Crippen molar-refractivity contribution in [2.24, 2.45) is 4.36 Å². The highest BCUT2D eigenvalue weighted by Crippen LogP contribution is 2.39. The number of fused-ring (bicyclic) bond motifs is 1. The molecule has 1 heterocycles. The summed E-state index contributed by atoms with van der Waals surface area (Å²) in [6.45, 7) is 0. The van der Waals surface area contributed by atoms with E-state index >= 15 is 0 Å². The summed E-state index contributed by atoms with van der Waals surface area (Å²) >= 11 is 9.20. The maximum absolute atomic E-state index is 11.7. The molecule has 0 fully saturated rings. The summed E-state index contributed by atoms with van der Waals surface area (Å²) in [6.07, 6.45) is 3.45. The number of thioether (sulfide) groups is 1. The number of hydrogen-bond acceptors (Lipinski definition) is 7. The van der Waals surface area contributed by atoms with Crippen molar-refractivity contribution in [2.45, 2.75) is 11.3 Å². The molecule has 0 atom stereocenters. The normalized spacial score (nSPS) is 11.6. The number of carbonyl (C=O) groups excluding carboxylic acids is 1. The minimum Gasteiger partial charge on any atom is -0.469 e. The monoisotopic (exact) mass is 378 g/mol. The molecular weight excluding hydrogens is 364 g/mol. The highest BCUT2D eigenvalue weighted by Gasteiger charge is 2.12. The molecule has 0 bridgehead atoms. The molecule has 0 amide bonds. The average molecular weight is 379 g/mol. The number of ether oxygens (including phenoxy) is 1. The van der Waals surface area contributed by atoms with E-state index in [1.54, 1.807) is 12.5 Å². The lowest BCUT2D eigenvalue weighted by Gasteiger charge is -2.03. The van der Waals surface area contributed by atoms with E-state index in [1.807, 2.05) is 12.1 Å². The molecule has 5 nitrogen and oxygen atoms in total. The van der Waals surface area contributed by atoms with Gasteiger partial charge in [0.2, 0.25) is 5.13 Å². The molecule has 0 unspecified atom stereocenters. The van der Waals surface area contributed by atoms with Gasteiger partial charge in [0, 0.05) is 32.9 Å². The van der Waals surface area contributed by atoms with Crippen LogP contribution in [0.3, 0.4) is 0 Å². The third kappa shape index (κ3) is 4.58. The first-order valence-corrected chi connectivity index (χ1v) is 10.8. The van der Waals surface area contributed by atoms with Crippen LogP contribution < -0.4 is 0 Å². The zero-order valence-corrected chi connectivity index (χ0v) is 15.5. The van der Waals surface area contributed by atoms with E-state index in [4.69, 9.17) is 11.6 Å². The van der Waals surface area contributed by atoms with Crippen molar-refractivity contribution >= 4 is 65.7 Å². The summed E-state index contributed by atoms with van der Waals surface area (Å²) in [5, 5.41) is 1.05. The van der Waals surface area contributed by atoms with Crippen LogP contribution in [0.5, 0.6) is 0 Å². The number of rotatable bonds is 5. The van der Waals surface area contributed by atoms with Crippen molar-refractivity contribution in [3.8, 4) is 0 Å². The summed E-state index contributed by atoms with van der Waals surface area (Å²) in [7, 11) is -0.882. The minimum atomic E-state index is -2.25. The number of halogens is 1. The first kappa shape index (κ1) is 17.5. The summed E-state index contributed by atoms with van der Waals surface area (Å²) in [5.41, 5.74) is 0.731. The third-order valence-electron chi connectivity index (χ3n) is 2.54. The molecule has 0 saturated carbocycles. The van der Waals surface area contributed by atoms with Crippen molar-refractivity contribution < 1.29 is 13.7 Å². The van der Waals surface area contributed by atoms with Gasteiger partial charge in [0.1, 0.15) is 0 Å². The van der Waals surface area contributed by atoms with Crippen LogP contribution in [0.4, 0.5) is 5.13 Å². The van der Waals surface area contributed by atoms with Crippen LogP contribution >= 0.6 is 34.7 Å². The maximum Gasteiger partial charge on any atom is 0.306 e. The van der Waals surface area contributed by atoms with Crippen LogP contribution in [0.2, 0.25) is 5.02 Å². The Labute approximate surface area is 142 Å². The van der Waals surface area contributed by atoms with Crippen LogP contribution in [0.15, 0.2) is 21.4 Å². The van der Waals surface area contributed by atoms with Crippen LogP contribution in [0, 0.1) is 0 Å². The van der Waals surface area contributed by atoms with Gasteiger partial charge in [-0.3, -0.25) is 4.79 Å². The molecule has 0 saturated heterocycles. The Kier molecular flexibility index (Phi) is 5.70. The Morgan fingerprint density at radius 1 is 1.50 bits per heavy atom. The highest BCUT2D eigenvalue weighted by molar-refractivity contribution is 7.99. The summed E-state index contributed by atoms with van der Waals surface area (Å²) in [5.74, 6) is 0.343. The number of thiazole rings is 1. The lowest BCUT2D eigenvalue weighted by Crippen LogP contribution is -2.00. The van der Waals surface area contributed by atoms with Crippen molar-refractivity contribution in [3.05, 3.63) is 17.2 Å². The zero-order chi connectivity index (χ0) is 16.3. The third-order valence-corrected chi connectivity index (χ3v) is 5.93. The van der Waals surface area contributed by atoms with Gasteiger partial charge in [-0.1, -0.05) is 22.9 Å². The number of carbonyl (C=O) groups is 1. The molecule has 1 aromatic heterocycles. The fourth-order valence-electron chi connectivity index (χ4n) is 1.62. The van der Waals surface area contributed by atoms with Crippen LogP contribution in [-0.2, 0) is 19.3 Å². The molecule has 9 heteroatoms. The zero-order valence-electron chi connectivity index (χ0n) is 12.3. The number of nitrogens with zero attached hydrogens (tertiary/aromatic N) is 2. The number of hydrogen-bond donors (Lipinski definition) is 0. The molecule has 0 aliphatic carbocycles. The van der Waals surface area contributed by atoms with E-state index in [0.717, 1.165) is 15.1 Å². The molecule has 0 aliphatic rings. The molecule has 1 aromatic carbocycles. The van der Waals surface area contributed by atoms with Gasteiger partial charge >= 0.3 is 5.97 Å². The van der Waals surface area contributed by atoms with E-state index in [0.29, 0.717) is 22.3 Å². The molecule has 0 aliphatic heterocycles. The van der Waals surface area contributed by atoms with E-state index in [2.05, 4.69) is 14.1 Å². The van der Waals surface area contributed by atoms with Crippen molar-refractivity contribution in [1.82, 2.24) is 4.98 Å². The molecule has 2 aromatic rings. The summed E-state index contributed by atoms with van der Waals surface area (Å²) in [4.78, 5) is 16.3. The molecule has 120 valence electrons. The molecule has 0 radical (unpaired) electrons. The Balaban J connectivity index is 2.26. The fourth-order valence-corrected chi connectivity index (χ4v) is 4.85. The number of benzene rings is 1. The second-order valence-electron chi connectivity index (χ2n) is 4.67. The lowest BCUT2D eigenvalue weighted by atomic mass is 10.3. The van der Waals surface area contributed by atoms with Crippen LogP contribution in [-0.4, -0.2) is 40.5 Å². The quantitative estimate of drug-likeness (QED) is 0.581. The van der Waals surface area contributed by atoms with Crippen LogP contribution in [0.1, 0.15) is 6.42 Å². The van der Waals surface area contributed by atoms with Gasteiger partial charge in [-0.15, -0.1) is 11.8 Å². The molecular formula is C13H15ClN2O3S3.